The zero-order valence-corrected chi connectivity index (χ0v) is 13.9. The molecule has 0 saturated heterocycles. The maximum Gasteiger partial charge on any atom is 0.218 e. The van der Waals surface area contributed by atoms with Gasteiger partial charge in [0.25, 0.3) is 0 Å². The van der Waals surface area contributed by atoms with E-state index in [4.69, 9.17) is 4.74 Å². The van der Waals surface area contributed by atoms with E-state index in [0.29, 0.717) is 5.88 Å². The molecule has 0 atom stereocenters. The highest BCUT2D eigenvalue weighted by atomic mass is 16.5. The summed E-state index contributed by atoms with van der Waals surface area (Å²) in [6.07, 6.45) is 6.34. The molecule has 1 aromatic heterocycles. The third-order valence-corrected chi connectivity index (χ3v) is 3.93. The van der Waals surface area contributed by atoms with E-state index in [1.165, 1.54) is 19.3 Å². The van der Waals surface area contributed by atoms with Gasteiger partial charge in [-0.25, -0.2) is 4.98 Å². The molecule has 2 rings (SSSR count). The summed E-state index contributed by atoms with van der Waals surface area (Å²) in [6.45, 7) is 10.2. The second kappa shape index (κ2) is 7.10. The van der Waals surface area contributed by atoms with Gasteiger partial charge in [0.1, 0.15) is 11.6 Å². The molecule has 1 fully saturated rings. The van der Waals surface area contributed by atoms with Crippen molar-refractivity contribution in [3.63, 3.8) is 0 Å². The fourth-order valence-electron chi connectivity index (χ4n) is 2.29. The minimum atomic E-state index is -0.0734. The Bertz CT molecular complexity index is 450. The fraction of sp³-hybridized carbons (Fsp3) is 0.765. The first-order valence-corrected chi connectivity index (χ1v) is 8.25. The van der Waals surface area contributed by atoms with Crippen LogP contribution in [-0.4, -0.2) is 23.1 Å². The highest BCUT2D eigenvalue weighted by Crippen LogP contribution is 2.29. The summed E-state index contributed by atoms with van der Waals surface area (Å²) in [7, 11) is 0. The van der Waals surface area contributed by atoms with Crippen molar-refractivity contribution >= 4 is 5.82 Å². The van der Waals surface area contributed by atoms with Crippen molar-refractivity contribution in [2.75, 3.05) is 18.5 Å². The predicted octanol–water partition coefficient (Wildman–Crippen LogP) is 4.17. The van der Waals surface area contributed by atoms with Crippen LogP contribution in [-0.2, 0) is 5.41 Å². The molecule has 1 aliphatic rings. The molecule has 4 heteroatoms. The zero-order valence-electron chi connectivity index (χ0n) is 13.9. The Hall–Kier alpha value is -1.32. The third-order valence-electron chi connectivity index (χ3n) is 3.93. The van der Waals surface area contributed by atoms with Crippen LogP contribution in [0.5, 0.6) is 5.88 Å². The molecule has 0 aromatic carbocycles. The number of aromatic nitrogens is 2. The normalized spacial score (nSPS) is 15.6. The first-order valence-electron chi connectivity index (χ1n) is 8.25. The molecule has 0 radical (unpaired) electrons. The van der Waals surface area contributed by atoms with Crippen LogP contribution in [0.3, 0.4) is 0 Å². The van der Waals surface area contributed by atoms with Crippen LogP contribution < -0.4 is 10.1 Å². The van der Waals surface area contributed by atoms with Crippen molar-refractivity contribution < 1.29 is 4.74 Å². The van der Waals surface area contributed by atoms with Crippen molar-refractivity contribution in [1.82, 2.24) is 9.97 Å². The van der Waals surface area contributed by atoms with Gasteiger partial charge in [0.2, 0.25) is 5.88 Å². The molecule has 1 N–H and O–H groups in total. The van der Waals surface area contributed by atoms with Crippen LogP contribution in [0.4, 0.5) is 5.82 Å². The Balaban J connectivity index is 2.02. The second-order valence-electron chi connectivity index (χ2n) is 7.03. The van der Waals surface area contributed by atoms with Crippen molar-refractivity contribution in [2.45, 2.75) is 65.2 Å². The number of hydrogen-bond donors (Lipinski definition) is 1. The molecule has 4 nitrogen and oxygen atoms in total. The van der Waals surface area contributed by atoms with Gasteiger partial charge in [0.15, 0.2) is 0 Å². The van der Waals surface area contributed by atoms with Gasteiger partial charge in [-0.2, -0.15) is 4.98 Å². The smallest absolute Gasteiger partial charge is 0.218 e. The monoisotopic (exact) mass is 291 g/mol. The van der Waals surface area contributed by atoms with E-state index < -0.39 is 0 Å². The maximum absolute atomic E-state index is 5.88. The van der Waals surface area contributed by atoms with Crippen molar-refractivity contribution in [1.29, 1.82) is 0 Å². The maximum atomic E-state index is 5.88. The van der Waals surface area contributed by atoms with Crippen LogP contribution in [0, 0.1) is 5.92 Å². The first-order chi connectivity index (χ1) is 9.99. The SMILES string of the molecule is CCCNc1cc(OCCC2CCC2)nc(C(C)(C)C)n1. The molecule has 0 aliphatic heterocycles. The lowest BCUT2D eigenvalue weighted by atomic mass is 9.83. The topological polar surface area (TPSA) is 47.0 Å². The Labute approximate surface area is 128 Å². The summed E-state index contributed by atoms with van der Waals surface area (Å²) in [5.74, 6) is 3.28. The minimum Gasteiger partial charge on any atom is -0.478 e. The van der Waals surface area contributed by atoms with Crippen molar-refractivity contribution in [3.8, 4) is 5.88 Å². The molecule has 0 unspecified atom stereocenters. The lowest BCUT2D eigenvalue weighted by Gasteiger charge is -2.25. The van der Waals surface area contributed by atoms with E-state index in [2.05, 4.69) is 43.0 Å². The Kier molecular flexibility index (Phi) is 5.43. The second-order valence-corrected chi connectivity index (χ2v) is 7.03. The van der Waals surface area contributed by atoms with E-state index >= 15 is 0 Å². The summed E-state index contributed by atoms with van der Waals surface area (Å²) in [5, 5.41) is 3.34. The molecular formula is C17H29N3O. The summed E-state index contributed by atoms with van der Waals surface area (Å²) in [4.78, 5) is 9.19. The average Bonchev–Trinajstić information content (AvgIpc) is 2.38. The number of rotatable bonds is 7. The van der Waals surface area contributed by atoms with E-state index in [1.807, 2.05) is 6.07 Å². The van der Waals surface area contributed by atoms with Crippen LogP contribution in [0.1, 0.15) is 65.6 Å². The quantitative estimate of drug-likeness (QED) is 0.819. The highest BCUT2D eigenvalue weighted by Gasteiger charge is 2.20. The standard InChI is InChI=1S/C17H29N3O/c1-5-10-18-14-12-15(20-16(19-14)17(2,3)4)21-11-9-13-7-6-8-13/h12-13H,5-11H2,1-4H3,(H,18,19,20). The summed E-state index contributed by atoms with van der Waals surface area (Å²) in [6, 6.07) is 1.92. The van der Waals surface area contributed by atoms with Gasteiger partial charge in [-0.1, -0.05) is 47.0 Å². The number of hydrogen-bond acceptors (Lipinski definition) is 4. The molecule has 1 saturated carbocycles. The molecule has 1 aliphatic carbocycles. The number of ether oxygens (including phenoxy) is 1. The summed E-state index contributed by atoms with van der Waals surface area (Å²) >= 11 is 0. The van der Waals surface area contributed by atoms with Crippen molar-refractivity contribution in [3.05, 3.63) is 11.9 Å². The Morgan fingerprint density at radius 3 is 2.62 bits per heavy atom. The first kappa shape index (κ1) is 16.1. The number of anilines is 1. The Morgan fingerprint density at radius 2 is 2.05 bits per heavy atom. The van der Waals surface area contributed by atoms with Gasteiger partial charge in [-0.3, -0.25) is 0 Å². The molecule has 0 amide bonds. The van der Waals surface area contributed by atoms with Crippen LogP contribution in [0.2, 0.25) is 0 Å². The predicted molar refractivity (Wildman–Crippen MR) is 87.0 cm³/mol. The number of nitrogens with one attached hydrogen (secondary N) is 1. The highest BCUT2D eigenvalue weighted by molar-refractivity contribution is 5.39. The zero-order chi connectivity index (χ0) is 15.3. The molecule has 0 spiro atoms. The minimum absolute atomic E-state index is 0.0734. The lowest BCUT2D eigenvalue weighted by molar-refractivity contribution is 0.216. The molecular weight excluding hydrogens is 262 g/mol. The van der Waals surface area contributed by atoms with Crippen LogP contribution in [0.15, 0.2) is 6.07 Å². The van der Waals surface area contributed by atoms with E-state index in [9.17, 15) is 0 Å². The third kappa shape index (κ3) is 4.87. The van der Waals surface area contributed by atoms with E-state index in [1.54, 1.807) is 0 Å². The summed E-state index contributed by atoms with van der Waals surface area (Å²) < 4.78 is 5.88. The molecule has 118 valence electrons. The lowest BCUT2D eigenvalue weighted by Crippen LogP contribution is -2.19. The van der Waals surface area contributed by atoms with E-state index in [0.717, 1.165) is 43.6 Å². The van der Waals surface area contributed by atoms with Crippen LogP contribution in [0.25, 0.3) is 0 Å². The van der Waals surface area contributed by atoms with Gasteiger partial charge in [-0.15, -0.1) is 0 Å². The van der Waals surface area contributed by atoms with Gasteiger partial charge in [0, 0.05) is 18.0 Å². The number of nitrogens with zero attached hydrogens (tertiary/aromatic N) is 2. The fourth-order valence-corrected chi connectivity index (χ4v) is 2.29. The molecule has 0 bridgehead atoms. The average molecular weight is 291 g/mol. The van der Waals surface area contributed by atoms with Gasteiger partial charge >= 0.3 is 0 Å². The Morgan fingerprint density at radius 1 is 1.29 bits per heavy atom. The van der Waals surface area contributed by atoms with Gasteiger partial charge in [-0.05, 0) is 18.8 Å². The summed E-state index contributed by atoms with van der Waals surface area (Å²) in [5.41, 5.74) is -0.0734. The molecule has 1 heterocycles. The molecule has 1 aromatic rings. The molecule has 21 heavy (non-hydrogen) atoms. The largest absolute Gasteiger partial charge is 0.478 e. The van der Waals surface area contributed by atoms with E-state index in [-0.39, 0.29) is 5.41 Å². The van der Waals surface area contributed by atoms with Gasteiger partial charge in [0.05, 0.1) is 6.61 Å². The van der Waals surface area contributed by atoms with Crippen LogP contribution >= 0.6 is 0 Å². The van der Waals surface area contributed by atoms with Crippen molar-refractivity contribution in [2.24, 2.45) is 5.92 Å². The van der Waals surface area contributed by atoms with Gasteiger partial charge < -0.3 is 10.1 Å².